The van der Waals surface area contributed by atoms with E-state index in [2.05, 4.69) is 19.9 Å². The third-order valence-electron chi connectivity index (χ3n) is 5.63. The summed E-state index contributed by atoms with van der Waals surface area (Å²) in [6.45, 7) is 8.16. The number of hydrogen-bond donors (Lipinski definition) is 1. The topological polar surface area (TPSA) is 54.4 Å². The van der Waals surface area contributed by atoms with Crippen LogP contribution in [0.3, 0.4) is 0 Å². The van der Waals surface area contributed by atoms with Crippen LogP contribution in [0.1, 0.15) is 52.4 Å². The van der Waals surface area contributed by atoms with Crippen LogP contribution < -0.4 is 0 Å². The minimum absolute atomic E-state index is 0.102. The molecule has 0 aromatic carbocycles. The maximum absolute atomic E-state index is 12.2. The van der Waals surface area contributed by atoms with E-state index in [1.807, 2.05) is 31.3 Å². The highest BCUT2D eigenvalue weighted by molar-refractivity contribution is 6.72. The molecule has 132 valence electrons. The molecule has 0 aromatic heterocycles. The van der Waals surface area contributed by atoms with Gasteiger partial charge in [0.1, 0.15) is 0 Å². The Morgan fingerprint density at radius 3 is 2.33 bits per heavy atom. The van der Waals surface area contributed by atoms with E-state index in [-0.39, 0.29) is 22.5 Å². The Balaban J connectivity index is 1.89. The first-order chi connectivity index (χ1) is 11.1. The van der Waals surface area contributed by atoms with E-state index in [1.165, 1.54) is 0 Å². The molecule has 0 heterocycles. The van der Waals surface area contributed by atoms with Crippen LogP contribution in [-0.4, -0.2) is 24.7 Å². The molecule has 0 amide bonds. The van der Waals surface area contributed by atoms with Crippen LogP contribution in [0.4, 0.5) is 0 Å². The molecule has 24 heavy (non-hydrogen) atoms. The van der Waals surface area contributed by atoms with Crippen molar-refractivity contribution in [1.29, 1.82) is 0 Å². The first-order valence-electron chi connectivity index (χ1n) is 8.93. The van der Waals surface area contributed by atoms with Gasteiger partial charge in [0.15, 0.2) is 19.9 Å². The van der Waals surface area contributed by atoms with Crippen LogP contribution in [0.15, 0.2) is 35.5 Å². The number of Topliss-reactive ketones (excluding diaryl/α,β-unsaturated/α-hetero) is 2. The molecule has 1 N–H and O–H groups in total. The normalized spacial score (nSPS) is 22.5. The van der Waals surface area contributed by atoms with Crippen LogP contribution in [0.5, 0.6) is 0 Å². The summed E-state index contributed by atoms with van der Waals surface area (Å²) in [6.07, 6.45) is 12.4. The molecular formula is C20H30O3Si. The van der Waals surface area contributed by atoms with Crippen molar-refractivity contribution in [1.82, 2.24) is 0 Å². The average Bonchev–Trinajstić information content (AvgIpc) is 2.99. The van der Waals surface area contributed by atoms with Crippen molar-refractivity contribution in [2.24, 2.45) is 5.92 Å². The van der Waals surface area contributed by atoms with E-state index in [9.17, 15) is 14.4 Å². The summed E-state index contributed by atoms with van der Waals surface area (Å²) in [5.74, 6) is 0.733. The van der Waals surface area contributed by atoms with Crippen LogP contribution in [0.2, 0.25) is 18.1 Å². The second-order valence-corrected chi connectivity index (χ2v) is 12.8. The van der Waals surface area contributed by atoms with Crippen LogP contribution in [-0.2, 0) is 9.59 Å². The van der Waals surface area contributed by atoms with Crippen molar-refractivity contribution < 1.29 is 14.4 Å². The summed E-state index contributed by atoms with van der Waals surface area (Å²) < 4.78 is 0. The van der Waals surface area contributed by atoms with Gasteiger partial charge in [-0.1, -0.05) is 38.2 Å². The van der Waals surface area contributed by atoms with Gasteiger partial charge in [0.25, 0.3) is 0 Å². The van der Waals surface area contributed by atoms with Crippen molar-refractivity contribution in [3.63, 3.8) is 0 Å². The Morgan fingerprint density at radius 2 is 1.79 bits per heavy atom. The van der Waals surface area contributed by atoms with Crippen molar-refractivity contribution in [3.05, 3.63) is 35.5 Å². The first-order valence-corrected chi connectivity index (χ1v) is 11.9. The summed E-state index contributed by atoms with van der Waals surface area (Å²) in [5.41, 5.74) is 1.80. The molecule has 0 radical (unpaired) electrons. The zero-order valence-corrected chi connectivity index (χ0v) is 16.4. The van der Waals surface area contributed by atoms with Gasteiger partial charge >= 0.3 is 0 Å². The number of carbonyl (C=O) groups is 2. The maximum atomic E-state index is 12.2. The highest BCUT2D eigenvalue weighted by Crippen LogP contribution is 2.44. The predicted molar refractivity (Wildman–Crippen MR) is 100 cm³/mol. The SMILES string of the molecule is CC(C)(C[C@H]1C=C(C/C=C/CC2=CCCC2=O)C(=O)C1)[Si](C)(C)O. The first kappa shape index (κ1) is 19.1. The fraction of sp³-hybridized carbons (Fsp3) is 0.600. The summed E-state index contributed by atoms with van der Waals surface area (Å²) in [4.78, 5) is 34.2. The molecule has 3 nitrogen and oxygen atoms in total. The van der Waals surface area contributed by atoms with Crippen molar-refractivity contribution in [2.45, 2.75) is 70.5 Å². The molecule has 0 bridgehead atoms. The standard InChI is InChI=1S/C20H30O3Si/c1-20(2,24(3,4)23)14-15-12-17(19(22)13-15)9-6-5-8-16-10-7-11-18(16)21/h5-6,10,12,15,23H,7-9,11,13-14H2,1-4H3/b6-5+/t15-/m0/s1. The van der Waals surface area contributed by atoms with Crippen LogP contribution in [0, 0.1) is 5.92 Å². The predicted octanol–water partition coefficient (Wildman–Crippen LogP) is 4.50. The Labute approximate surface area is 146 Å². The number of ketones is 2. The zero-order valence-electron chi connectivity index (χ0n) is 15.4. The second-order valence-electron chi connectivity index (χ2n) is 8.30. The van der Waals surface area contributed by atoms with Crippen molar-refractivity contribution >= 4 is 19.9 Å². The van der Waals surface area contributed by atoms with Crippen molar-refractivity contribution in [2.75, 3.05) is 0 Å². The molecule has 0 saturated carbocycles. The Kier molecular flexibility index (Phi) is 5.81. The number of carbonyl (C=O) groups excluding carboxylic acids is 2. The lowest BCUT2D eigenvalue weighted by Crippen LogP contribution is -2.39. The van der Waals surface area contributed by atoms with Gasteiger partial charge in [-0.3, -0.25) is 9.59 Å². The quantitative estimate of drug-likeness (QED) is 0.545. The van der Waals surface area contributed by atoms with Gasteiger partial charge in [0.05, 0.1) is 0 Å². The molecule has 2 rings (SSSR count). The fourth-order valence-corrected chi connectivity index (χ4v) is 4.06. The monoisotopic (exact) mass is 346 g/mol. The molecule has 4 heteroatoms. The van der Waals surface area contributed by atoms with Gasteiger partial charge < -0.3 is 4.80 Å². The van der Waals surface area contributed by atoms with Gasteiger partial charge in [-0.05, 0) is 60.9 Å². The average molecular weight is 347 g/mol. The minimum Gasteiger partial charge on any atom is -0.432 e. The minimum atomic E-state index is -2.24. The van der Waals surface area contributed by atoms with Gasteiger partial charge in [-0.2, -0.15) is 0 Å². The van der Waals surface area contributed by atoms with E-state index >= 15 is 0 Å². The van der Waals surface area contributed by atoms with Gasteiger partial charge in [-0.15, -0.1) is 0 Å². The Hall–Kier alpha value is -1.26. The van der Waals surface area contributed by atoms with E-state index in [0.29, 0.717) is 25.7 Å². The zero-order chi connectivity index (χ0) is 18.0. The molecule has 0 saturated heterocycles. The number of allylic oxidation sites excluding steroid dienone is 6. The van der Waals surface area contributed by atoms with Crippen LogP contribution in [0.25, 0.3) is 0 Å². The Bertz CT molecular complexity index is 603. The Morgan fingerprint density at radius 1 is 1.17 bits per heavy atom. The van der Waals surface area contributed by atoms with E-state index in [1.54, 1.807) is 0 Å². The second kappa shape index (κ2) is 7.32. The lowest BCUT2D eigenvalue weighted by Gasteiger charge is -2.36. The van der Waals surface area contributed by atoms with E-state index in [0.717, 1.165) is 24.0 Å². The lowest BCUT2D eigenvalue weighted by molar-refractivity contribution is -0.116. The summed E-state index contributed by atoms with van der Waals surface area (Å²) in [5, 5.41) is -0.102. The molecule has 2 aliphatic carbocycles. The highest BCUT2D eigenvalue weighted by Gasteiger charge is 2.40. The van der Waals surface area contributed by atoms with Crippen LogP contribution >= 0.6 is 0 Å². The largest absolute Gasteiger partial charge is 0.432 e. The smallest absolute Gasteiger partial charge is 0.188 e. The number of rotatable bonds is 7. The van der Waals surface area contributed by atoms with E-state index < -0.39 is 8.32 Å². The van der Waals surface area contributed by atoms with Gasteiger partial charge in [-0.25, -0.2) is 0 Å². The molecule has 2 aliphatic rings. The third-order valence-corrected chi connectivity index (χ3v) is 9.15. The molecular weight excluding hydrogens is 316 g/mol. The molecule has 0 aromatic rings. The fourth-order valence-electron chi connectivity index (χ4n) is 3.29. The van der Waals surface area contributed by atoms with Gasteiger partial charge in [0, 0.05) is 12.8 Å². The summed E-state index contributed by atoms with van der Waals surface area (Å²) in [6, 6.07) is 0. The molecule has 1 atom stereocenters. The maximum Gasteiger partial charge on any atom is 0.188 e. The summed E-state index contributed by atoms with van der Waals surface area (Å²) in [7, 11) is -2.24. The van der Waals surface area contributed by atoms with E-state index in [4.69, 9.17) is 0 Å². The van der Waals surface area contributed by atoms with Gasteiger partial charge in [0.2, 0.25) is 0 Å². The highest BCUT2D eigenvalue weighted by atomic mass is 28.4. The summed E-state index contributed by atoms with van der Waals surface area (Å²) >= 11 is 0. The third kappa shape index (κ3) is 4.64. The van der Waals surface area contributed by atoms with Crippen molar-refractivity contribution in [3.8, 4) is 0 Å². The lowest BCUT2D eigenvalue weighted by atomic mass is 9.96. The number of hydrogen-bond acceptors (Lipinski definition) is 3. The molecule has 0 spiro atoms. The molecule has 0 fully saturated rings. The molecule has 0 unspecified atom stereocenters. The molecule has 0 aliphatic heterocycles.